The lowest BCUT2D eigenvalue weighted by atomic mass is 9.99. The lowest BCUT2D eigenvalue weighted by Gasteiger charge is -2.35. The number of hydrogen-bond donors (Lipinski definition) is 2. The molecule has 4 heteroatoms. The normalized spacial score (nSPS) is 17.6. The molecule has 0 aromatic heterocycles. The van der Waals surface area contributed by atoms with Gasteiger partial charge in [0.1, 0.15) is 5.54 Å². The van der Waals surface area contributed by atoms with E-state index in [4.69, 9.17) is 5.73 Å². The number of nitrogens with one attached hydrogen (secondary N) is 1. The number of primary amides is 1. The third kappa shape index (κ3) is 3.51. The number of anilines is 1. The van der Waals surface area contributed by atoms with Crippen LogP contribution in [0.2, 0.25) is 0 Å². The first-order chi connectivity index (χ1) is 9.44. The predicted octanol–water partition coefficient (Wildman–Crippen LogP) is 1.82. The number of aryl methyl sites for hydroxylation is 1. The minimum atomic E-state index is -0.680. The summed E-state index contributed by atoms with van der Waals surface area (Å²) in [6, 6.07) is 8.79. The topological polar surface area (TPSA) is 58.4 Å². The molecule has 1 aromatic carbocycles. The van der Waals surface area contributed by atoms with Crippen molar-refractivity contribution in [2.45, 2.75) is 45.2 Å². The number of hydrogen-bond acceptors (Lipinski definition) is 3. The number of likely N-dealkylation sites (N-methyl/N-ethyl adjacent to an activating group) is 1. The molecule has 0 saturated heterocycles. The molecule has 1 aliphatic rings. The second kappa shape index (κ2) is 5.83. The average Bonchev–Trinajstić information content (AvgIpc) is 3.19. The van der Waals surface area contributed by atoms with Crippen molar-refractivity contribution in [1.82, 2.24) is 5.32 Å². The van der Waals surface area contributed by atoms with E-state index in [0.717, 1.165) is 25.1 Å². The van der Waals surface area contributed by atoms with E-state index < -0.39 is 5.54 Å². The Morgan fingerprint density at radius 3 is 2.70 bits per heavy atom. The summed E-state index contributed by atoms with van der Waals surface area (Å²) in [5.41, 5.74) is 7.31. The van der Waals surface area contributed by atoms with Crippen LogP contribution in [-0.4, -0.2) is 30.6 Å². The summed E-state index contributed by atoms with van der Waals surface area (Å²) in [7, 11) is 0. The summed E-state index contributed by atoms with van der Waals surface area (Å²) >= 11 is 0. The van der Waals surface area contributed by atoms with Crippen molar-refractivity contribution in [2.75, 3.05) is 18.0 Å². The zero-order chi connectivity index (χ0) is 14.8. The molecule has 0 heterocycles. The maximum absolute atomic E-state index is 11.9. The summed E-state index contributed by atoms with van der Waals surface area (Å²) in [5, 5.41) is 3.40. The van der Waals surface area contributed by atoms with Crippen molar-refractivity contribution in [3.8, 4) is 0 Å². The Balaban J connectivity index is 2.16. The Hall–Kier alpha value is -1.55. The van der Waals surface area contributed by atoms with Gasteiger partial charge < -0.3 is 10.6 Å². The monoisotopic (exact) mass is 275 g/mol. The fraction of sp³-hybridized carbons (Fsp3) is 0.562. The standard InChI is InChI=1S/C16H25N3O/c1-4-19(14-7-5-6-12(2)10-14)11-16(3,15(17)20)18-13-8-9-13/h5-7,10,13,18H,4,8-9,11H2,1-3H3,(H2,17,20). The molecule has 0 spiro atoms. The third-order valence-corrected chi connectivity index (χ3v) is 3.90. The Labute approximate surface area is 121 Å². The van der Waals surface area contributed by atoms with Crippen LogP contribution in [0.15, 0.2) is 24.3 Å². The maximum Gasteiger partial charge on any atom is 0.239 e. The molecule has 4 nitrogen and oxygen atoms in total. The van der Waals surface area contributed by atoms with Crippen LogP contribution in [-0.2, 0) is 4.79 Å². The average molecular weight is 275 g/mol. The highest BCUT2D eigenvalue weighted by Gasteiger charge is 2.38. The molecule has 3 N–H and O–H groups in total. The summed E-state index contributed by atoms with van der Waals surface area (Å²) < 4.78 is 0. The summed E-state index contributed by atoms with van der Waals surface area (Å²) in [4.78, 5) is 14.1. The lowest BCUT2D eigenvalue weighted by molar-refractivity contribution is -0.123. The van der Waals surface area contributed by atoms with Gasteiger partial charge in [-0.25, -0.2) is 0 Å². The van der Waals surface area contributed by atoms with Crippen LogP contribution in [0.3, 0.4) is 0 Å². The van der Waals surface area contributed by atoms with Gasteiger partial charge in [0.15, 0.2) is 0 Å². The van der Waals surface area contributed by atoms with Crippen LogP contribution in [0.25, 0.3) is 0 Å². The van der Waals surface area contributed by atoms with Gasteiger partial charge in [-0.2, -0.15) is 0 Å². The molecular formula is C16H25N3O. The minimum Gasteiger partial charge on any atom is -0.369 e. The van der Waals surface area contributed by atoms with Gasteiger partial charge in [0, 0.05) is 24.8 Å². The predicted molar refractivity (Wildman–Crippen MR) is 82.8 cm³/mol. The molecule has 2 rings (SSSR count). The number of nitrogens with two attached hydrogens (primary N) is 1. The fourth-order valence-electron chi connectivity index (χ4n) is 2.46. The molecule has 1 atom stereocenters. The zero-order valence-electron chi connectivity index (χ0n) is 12.6. The highest BCUT2D eigenvalue weighted by atomic mass is 16.1. The minimum absolute atomic E-state index is 0.282. The van der Waals surface area contributed by atoms with Gasteiger partial charge in [-0.15, -0.1) is 0 Å². The van der Waals surface area contributed by atoms with Crippen LogP contribution >= 0.6 is 0 Å². The number of carbonyl (C=O) groups is 1. The molecule has 1 unspecified atom stereocenters. The largest absolute Gasteiger partial charge is 0.369 e. The highest BCUT2D eigenvalue weighted by Crippen LogP contribution is 2.24. The van der Waals surface area contributed by atoms with Gasteiger partial charge in [0.25, 0.3) is 0 Å². The first-order valence-corrected chi connectivity index (χ1v) is 7.34. The Morgan fingerprint density at radius 2 is 2.20 bits per heavy atom. The van der Waals surface area contributed by atoms with Crippen molar-refractivity contribution in [1.29, 1.82) is 0 Å². The second-order valence-corrected chi connectivity index (χ2v) is 5.97. The molecule has 0 radical (unpaired) electrons. The molecule has 20 heavy (non-hydrogen) atoms. The van der Waals surface area contributed by atoms with E-state index in [1.54, 1.807) is 0 Å². The van der Waals surface area contributed by atoms with E-state index in [-0.39, 0.29) is 5.91 Å². The number of benzene rings is 1. The maximum atomic E-state index is 11.9. The van der Waals surface area contributed by atoms with Gasteiger partial charge in [-0.05, 0) is 51.3 Å². The van der Waals surface area contributed by atoms with Gasteiger partial charge in [-0.1, -0.05) is 12.1 Å². The van der Waals surface area contributed by atoms with E-state index in [1.165, 1.54) is 5.56 Å². The third-order valence-electron chi connectivity index (χ3n) is 3.90. The molecule has 1 amide bonds. The van der Waals surface area contributed by atoms with Crippen LogP contribution in [0.1, 0.15) is 32.3 Å². The molecule has 0 aliphatic heterocycles. The van der Waals surface area contributed by atoms with Crippen molar-refractivity contribution in [2.24, 2.45) is 5.73 Å². The summed E-state index contributed by atoms with van der Waals surface area (Å²) in [6.07, 6.45) is 2.28. The Kier molecular flexibility index (Phi) is 4.33. The van der Waals surface area contributed by atoms with Crippen LogP contribution in [0, 0.1) is 6.92 Å². The second-order valence-electron chi connectivity index (χ2n) is 5.97. The molecule has 1 aromatic rings. The van der Waals surface area contributed by atoms with Gasteiger partial charge in [0.05, 0.1) is 0 Å². The van der Waals surface area contributed by atoms with Crippen LogP contribution in [0.4, 0.5) is 5.69 Å². The Bertz CT molecular complexity index is 484. The molecule has 1 aliphatic carbocycles. The summed E-state index contributed by atoms with van der Waals surface area (Å²) in [6.45, 7) is 7.53. The first-order valence-electron chi connectivity index (χ1n) is 7.34. The molecule has 0 bridgehead atoms. The van der Waals surface area contributed by atoms with E-state index in [0.29, 0.717) is 12.6 Å². The number of rotatable bonds is 7. The summed E-state index contributed by atoms with van der Waals surface area (Å²) in [5.74, 6) is -0.282. The van der Waals surface area contributed by atoms with E-state index >= 15 is 0 Å². The number of carbonyl (C=O) groups excluding carboxylic acids is 1. The SMILES string of the molecule is CCN(CC(C)(NC1CC1)C(N)=O)c1cccc(C)c1. The van der Waals surface area contributed by atoms with E-state index in [9.17, 15) is 4.79 Å². The molecule has 1 fully saturated rings. The van der Waals surface area contributed by atoms with Gasteiger partial charge in [0.2, 0.25) is 5.91 Å². The lowest BCUT2D eigenvalue weighted by Crippen LogP contribution is -2.60. The van der Waals surface area contributed by atoms with Crippen LogP contribution in [0.5, 0.6) is 0 Å². The van der Waals surface area contributed by atoms with E-state index in [1.807, 2.05) is 13.0 Å². The smallest absolute Gasteiger partial charge is 0.239 e. The fourth-order valence-corrected chi connectivity index (χ4v) is 2.46. The number of amides is 1. The van der Waals surface area contributed by atoms with Gasteiger partial charge >= 0.3 is 0 Å². The van der Waals surface area contributed by atoms with Gasteiger partial charge in [-0.3, -0.25) is 10.1 Å². The van der Waals surface area contributed by atoms with Crippen molar-refractivity contribution in [3.63, 3.8) is 0 Å². The Morgan fingerprint density at radius 1 is 1.50 bits per heavy atom. The van der Waals surface area contributed by atoms with E-state index in [2.05, 4.69) is 42.3 Å². The van der Waals surface area contributed by atoms with Crippen molar-refractivity contribution >= 4 is 11.6 Å². The first kappa shape index (κ1) is 14.9. The van der Waals surface area contributed by atoms with Crippen molar-refractivity contribution in [3.05, 3.63) is 29.8 Å². The quantitative estimate of drug-likeness (QED) is 0.798. The molecule has 1 saturated carbocycles. The number of nitrogens with zero attached hydrogens (tertiary/aromatic N) is 1. The zero-order valence-corrected chi connectivity index (χ0v) is 12.6. The highest BCUT2D eigenvalue weighted by molar-refractivity contribution is 5.85. The van der Waals surface area contributed by atoms with Crippen molar-refractivity contribution < 1.29 is 4.79 Å². The van der Waals surface area contributed by atoms with Crippen LogP contribution < -0.4 is 16.0 Å². The molecular weight excluding hydrogens is 250 g/mol. The molecule has 110 valence electrons.